The van der Waals surface area contributed by atoms with Gasteiger partial charge in [-0.3, -0.25) is 4.79 Å². The average Bonchev–Trinajstić information content (AvgIpc) is 2.37. The number of hydrogen-bond donors (Lipinski definition) is 2. The molecule has 2 rings (SSSR count). The molecule has 1 heterocycles. The lowest BCUT2D eigenvalue weighted by Gasteiger charge is -2.06. The van der Waals surface area contributed by atoms with Crippen LogP contribution in [0.5, 0.6) is 0 Å². The van der Waals surface area contributed by atoms with E-state index in [2.05, 4.69) is 4.98 Å². The van der Waals surface area contributed by atoms with Gasteiger partial charge >= 0.3 is 0 Å². The molecule has 4 N–H and O–H groups in total. The maximum Gasteiger partial charge on any atom is 0.251 e. The number of primary amides is 1. The Kier molecular flexibility index (Phi) is 4.29. The van der Waals surface area contributed by atoms with Crippen LogP contribution in [0, 0.1) is 0 Å². The van der Waals surface area contributed by atoms with Gasteiger partial charge in [-0.15, -0.1) is 11.8 Å². The van der Waals surface area contributed by atoms with E-state index in [9.17, 15) is 4.79 Å². The summed E-state index contributed by atoms with van der Waals surface area (Å²) in [7, 11) is 0. The van der Waals surface area contributed by atoms with E-state index in [0.717, 1.165) is 5.56 Å². The number of benzene rings is 1. The van der Waals surface area contributed by atoms with Crippen molar-refractivity contribution in [2.45, 2.75) is 10.8 Å². The lowest BCUT2D eigenvalue weighted by molar-refractivity contribution is 0.0997. The van der Waals surface area contributed by atoms with Crippen LogP contribution < -0.4 is 11.5 Å². The third kappa shape index (κ3) is 3.62. The van der Waals surface area contributed by atoms with E-state index in [0.29, 0.717) is 27.1 Å². The molecule has 98 valence electrons. The number of thioether (sulfide) groups is 1. The number of nitrogens with two attached hydrogens (primary N) is 2. The Hall–Kier alpha value is -1.72. The molecule has 19 heavy (non-hydrogen) atoms. The molecule has 0 unspecified atom stereocenters. The van der Waals surface area contributed by atoms with Crippen LogP contribution >= 0.6 is 23.4 Å². The number of carbonyl (C=O) groups excluding carboxylic acids is 1. The zero-order chi connectivity index (χ0) is 13.8. The van der Waals surface area contributed by atoms with Crippen LogP contribution in [-0.4, -0.2) is 10.9 Å². The first-order valence-corrected chi connectivity index (χ1v) is 6.85. The number of amides is 1. The monoisotopic (exact) mass is 293 g/mol. The summed E-state index contributed by atoms with van der Waals surface area (Å²) in [6.45, 7) is 0. The molecular weight excluding hydrogens is 282 g/mol. The third-order valence-electron chi connectivity index (χ3n) is 2.41. The highest BCUT2D eigenvalue weighted by atomic mass is 35.5. The van der Waals surface area contributed by atoms with Crippen LogP contribution in [0.15, 0.2) is 41.6 Å². The van der Waals surface area contributed by atoms with E-state index >= 15 is 0 Å². The van der Waals surface area contributed by atoms with Gasteiger partial charge in [0.05, 0.1) is 10.6 Å². The van der Waals surface area contributed by atoms with Gasteiger partial charge in [-0.2, -0.15) is 0 Å². The molecule has 4 nitrogen and oxygen atoms in total. The Morgan fingerprint density at radius 3 is 2.84 bits per heavy atom. The first-order valence-electron chi connectivity index (χ1n) is 5.49. The number of nitrogens with zero attached hydrogens (tertiary/aromatic N) is 1. The number of pyridine rings is 1. The first-order chi connectivity index (χ1) is 9.06. The SMILES string of the molecule is NC(=O)c1cc(Cl)cnc1SCc1cccc(N)c1. The first kappa shape index (κ1) is 13.7. The van der Waals surface area contributed by atoms with Gasteiger partial charge < -0.3 is 11.5 Å². The van der Waals surface area contributed by atoms with Crippen LogP contribution in [-0.2, 0) is 5.75 Å². The minimum absolute atomic E-state index is 0.335. The van der Waals surface area contributed by atoms with Crippen LogP contribution in [0.1, 0.15) is 15.9 Å². The fourth-order valence-corrected chi connectivity index (χ4v) is 2.64. The van der Waals surface area contributed by atoms with Crippen molar-refractivity contribution in [3.05, 3.63) is 52.7 Å². The quantitative estimate of drug-likeness (QED) is 0.671. The standard InChI is InChI=1S/C13H12ClN3OS/c14-9-5-11(12(16)18)13(17-6-9)19-7-8-2-1-3-10(15)4-8/h1-6H,7,15H2,(H2,16,18). The zero-order valence-corrected chi connectivity index (χ0v) is 11.5. The van der Waals surface area contributed by atoms with Crippen molar-refractivity contribution in [1.82, 2.24) is 4.98 Å². The normalized spacial score (nSPS) is 10.4. The number of aromatic nitrogens is 1. The molecule has 0 aliphatic rings. The molecule has 0 bridgehead atoms. The smallest absolute Gasteiger partial charge is 0.251 e. The largest absolute Gasteiger partial charge is 0.399 e. The fourth-order valence-electron chi connectivity index (χ4n) is 1.55. The van der Waals surface area contributed by atoms with Crippen molar-refractivity contribution in [2.75, 3.05) is 5.73 Å². The lowest BCUT2D eigenvalue weighted by Crippen LogP contribution is -2.13. The highest BCUT2D eigenvalue weighted by molar-refractivity contribution is 7.98. The lowest BCUT2D eigenvalue weighted by atomic mass is 10.2. The molecule has 0 aliphatic heterocycles. The second-order valence-electron chi connectivity index (χ2n) is 3.90. The minimum atomic E-state index is -0.537. The highest BCUT2D eigenvalue weighted by Crippen LogP contribution is 2.26. The second-order valence-corrected chi connectivity index (χ2v) is 5.30. The molecule has 1 aromatic carbocycles. The van der Waals surface area contributed by atoms with Crippen LogP contribution in [0.3, 0.4) is 0 Å². The fraction of sp³-hybridized carbons (Fsp3) is 0.0769. The number of nitrogen functional groups attached to an aromatic ring is 1. The predicted molar refractivity (Wildman–Crippen MR) is 78.2 cm³/mol. The summed E-state index contributed by atoms with van der Waals surface area (Å²) in [5, 5.41) is 0.960. The zero-order valence-electron chi connectivity index (χ0n) is 9.97. The van der Waals surface area contributed by atoms with Gasteiger partial charge in [-0.25, -0.2) is 4.98 Å². The topological polar surface area (TPSA) is 82.0 Å². The molecular formula is C13H12ClN3OS. The van der Waals surface area contributed by atoms with Crippen molar-refractivity contribution in [2.24, 2.45) is 5.73 Å². The van der Waals surface area contributed by atoms with Crippen molar-refractivity contribution in [3.8, 4) is 0 Å². The van der Waals surface area contributed by atoms with Crippen LogP contribution in [0.25, 0.3) is 0 Å². The van der Waals surface area contributed by atoms with E-state index in [4.69, 9.17) is 23.1 Å². The van der Waals surface area contributed by atoms with Gasteiger partial charge in [-0.1, -0.05) is 23.7 Å². The van der Waals surface area contributed by atoms with Crippen LogP contribution in [0.4, 0.5) is 5.69 Å². The maximum absolute atomic E-state index is 11.3. The summed E-state index contributed by atoms with van der Waals surface area (Å²) in [6, 6.07) is 9.08. The Morgan fingerprint density at radius 2 is 2.16 bits per heavy atom. The van der Waals surface area contributed by atoms with Crippen molar-refractivity contribution in [1.29, 1.82) is 0 Å². The third-order valence-corrected chi connectivity index (χ3v) is 3.69. The summed E-state index contributed by atoms with van der Waals surface area (Å²) >= 11 is 7.22. The highest BCUT2D eigenvalue weighted by Gasteiger charge is 2.11. The summed E-state index contributed by atoms with van der Waals surface area (Å²) in [5.74, 6) is 0.116. The number of rotatable bonds is 4. The van der Waals surface area contributed by atoms with Gasteiger partial charge in [0.15, 0.2) is 0 Å². The van der Waals surface area contributed by atoms with Gasteiger partial charge in [0, 0.05) is 17.6 Å². The molecule has 0 spiro atoms. The molecule has 1 aromatic heterocycles. The molecule has 6 heteroatoms. The average molecular weight is 294 g/mol. The van der Waals surface area contributed by atoms with E-state index < -0.39 is 5.91 Å². The van der Waals surface area contributed by atoms with Gasteiger partial charge in [0.1, 0.15) is 5.03 Å². The van der Waals surface area contributed by atoms with E-state index in [1.165, 1.54) is 24.0 Å². The van der Waals surface area contributed by atoms with E-state index in [1.54, 1.807) is 0 Å². The molecule has 0 saturated heterocycles. The number of halogens is 1. The van der Waals surface area contributed by atoms with Crippen LogP contribution in [0.2, 0.25) is 5.02 Å². The van der Waals surface area contributed by atoms with Crippen molar-refractivity contribution >= 4 is 35.0 Å². The van der Waals surface area contributed by atoms with Gasteiger partial charge in [-0.05, 0) is 23.8 Å². The Labute approximate surface area is 120 Å². The van der Waals surface area contributed by atoms with Gasteiger partial charge in [0.2, 0.25) is 0 Å². The summed E-state index contributed by atoms with van der Waals surface area (Å²) in [6.07, 6.45) is 1.50. The van der Waals surface area contributed by atoms with E-state index in [1.807, 2.05) is 24.3 Å². The predicted octanol–water partition coefficient (Wildman–Crippen LogP) is 2.71. The Morgan fingerprint density at radius 1 is 1.37 bits per heavy atom. The Bertz CT molecular complexity index is 619. The number of carbonyl (C=O) groups is 1. The Balaban J connectivity index is 2.17. The molecule has 0 saturated carbocycles. The molecule has 1 amide bonds. The molecule has 0 fully saturated rings. The molecule has 0 aliphatic carbocycles. The second kappa shape index (κ2) is 5.95. The van der Waals surface area contributed by atoms with E-state index in [-0.39, 0.29) is 0 Å². The van der Waals surface area contributed by atoms with Crippen molar-refractivity contribution in [3.63, 3.8) is 0 Å². The molecule has 0 atom stereocenters. The van der Waals surface area contributed by atoms with Crippen molar-refractivity contribution < 1.29 is 4.79 Å². The number of anilines is 1. The number of hydrogen-bond acceptors (Lipinski definition) is 4. The van der Waals surface area contributed by atoms with Gasteiger partial charge in [0.25, 0.3) is 5.91 Å². The molecule has 2 aromatic rings. The molecule has 0 radical (unpaired) electrons. The summed E-state index contributed by atoms with van der Waals surface area (Å²) in [4.78, 5) is 15.5. The minimum Gasteiger partial charge on any atom is -0.399 e. The summed E-state index contributed by atoms with van der Waals surface area (Å²) in [5.41, 5.74) is 13.1. The maximum atomic E-state index is 11.3. The summed E-state index contributed by atoms with van der Waals surface area (Å²) < 4.78 is 0.